The molecule has 0 aromatic heterocycles. The van der Waals surface area contributed by atoms with Crippen molar-refractivity contribution < 1.29 is 29.8 Å². The molecule has 1 aromatic carbocycles. The molecule has 150 valence electrons. The summed E-state index contributed by atoms with van der Waals surface area (Å²) in [7, 11) is 0. The van der Waals surface area contributed by atoms with Crippen LogP contribution in [0, 0.1) is 0 Å². The molecular weight excluding hydrogens is 491 g/mol. The second-order valence-electron chi connectivity index (χ2n) is 7.72. The van der Waals surface area contributed by atoms with Gasteiger partial charge < -0.3 is 0 Å². The van der Waals surface area contributed by atoms with Crippen molar-refractivity contribution in [2.24, 2.45) is 0 Å². The summed E-state index contributed by atoms with van der Waals surface area (Å²) in [5.74, 6) is 0. The average Bonchev–Trinajstić information content (AvgIpc) is 2.63. The van der Waals surface area contributed by atoms with Crippen LogP contribution in [0.1, 0.15) is 78.7 Å². The molecule has 0 saturated heterocycles. The molecule has 0 saturated carbocycles. The number of benzene rings is 1. The summed E-state index contributed by atoms with van der Waals surface area (Å²) >= 11 is -3.79. The molecule has 0 fully saturated rings. The van der Waals surface area contributed by atoms with E-state index in [-0.39, 0.29) is 5.41 Å². The van der Waals surface area contributed by atoms with Crippen LogP contribution in [0.25, 0.3) is 0 Å². The van der Waals surface area contributed by atoms with Gasteiger partial charge in [0.25, 0.3) is 0 Å². The Bertz CT molecular complexity index is 435. The zero-order valence-corrected chi connectivity index (χ0v) is 21.3. The fourth-order valence-corrected chi connectivity index (χ4v) is 14.5. The number of rotatable bonds is 15. The van der Waals surface area contributed by atoms with Gasteiger partial charge in [0, 0.05) is 0 Å². The summed E-state index contributed by atoms with van der Waals surface area (Å²) in [5, 5.41) is 0. The number of unbranched alkanes of at least 4 members (excludes halogenated alkanes) is 3. The Morgan fingerprint density at radius 1 is 0.731 bits per heavy atom. The molecule has 0 N–H and O–H groups in total. The third-order valence-electron chi connectivity index (χ3n) is 4.67. The molecule has 1 aromatic rings. The first-order chi connectivity index (χ1) is 12.5. The fourth-order valence-electron chi connectivity index (χ4n) is 2.93. The van der Waals surface area contributed by atoms with E-state index in [1.54, 1.807) is 0 Å². The summed E-state index contributed by atoms with van der Waals surface area (Å²) in [6.45, 7) is 13.5. The molecule has 4 heteroatoms. The second kappa shape index (κ2) is 13.2. The molecule has 0 aliphatic heterocycles. The van der Waals surface area contributed by atoms with Gasteiger partial charge in [-0.05, 0) is 0 Å². The van der Waals surface area contributed by atoms with Crippen molar-refractivity contribution in [1.82, 2.24) is 0 Å². The zero-order valence-electron chi connectivity index (χ0n) is 17.7. The average molecular weight is 531 g/mol. The Morgan fingerprint density at radius 2 is 1.15 bits per heavy atom. The van der Waals surface area contributed by atoms with E-state index in [0.717, 1.165) is 62.5 Å². The predicted octanol–water partition coefficient (Wildman–Crippen LogP) is 6.73. The molecule has 3 nitrogen and oxygen atoms in total. The first-order valence-corrected chi connectivity index (χ1v) is 17.4. The molecule has 0 unspecified atom stereocenters. The van der Waals surface area contributed by atoms with Gasteiger partial charge >= 0.3 is 168 Å². The number of hydrogen-bond donors (Lipinski definition) is 0. The van der Waals surface area contributed by atoms with Crippen LogP contribution in [0.15, 0.2) is 30.3 Å². The molecule has 0 radical (unpaired) electrons. The zero-order chi connectivity index (χ0) is 19.3. The first-order valence-electron chi connectivity index (χ1n) is 10.5. The first kappa shape index (κ1) is 24.0. The van der Waals surface area contributed by atoms with Crippen molar-refractivity contribution in [3.05, 3.63) is 35.9 Å². The van der Waals surface area contributed by atoms with Crippen LogP contribution >= 0.6 is 0 Å². The van der Waals surface area contributed by atoms with Crippen LogP contribution < -0.4 is 0 Å². The maximum atomic E-state index is 6.50. The third kappa shape index (κ3) is 8.77. The monoisotopic (exact) mass is 532 g/mol. The van der Waals surface area contributed by atoms with Crippen LogP contribution in [0.2, 0.25) is 4.18 Å². The fraction of sp³-hybridized carbons (Fsp3) is 0.727. The normalized spacial score (nSPS) is 12.5. The quantitative estimate of drug-likeness (QED) is 0.186. The Hall–Kier alpha value is -0.0299. The van der Waals surface area contributed by atoms with Gasteiger partial charge in [-0.25, -0.2) is 0 Å². The summed E-state index contributed by atoms with van der Waals surface area (Å²) in [6.07, 6.45) is 6.62. The molecular formula is C22H40HfO3. The SMILES string of the molecule is CCCC[O][Hf]([CH2]C(C)(C)c1ccccc1)([O]CCCC)[O]CCCC. The number of hydrogen-bond acceptors (Lipinski definition) is 3. The van der Waals surface area contributed by atoms with Gasteiger partial charge in [-0.3, -0.25) is 0 Å². The van der Waals surface area contributed by atoms with Crippen LogP contribution in [0.5, 0.6) is 0 Å². The Balaban J connectivity index is 2.98. The van der Waals surface area contributed by atoms with Gasteiger partial charge in [0.15, 0.2) is 0 Å². The van der Waals surface area contributed by atoms with E-state index >= 15 is 0 Å². The van der Waals surface area contributed by atoms with Crippen molar-refractivity contribution in [2.75, 3.05) is 19.8 Å². The summed E-state index contributed by atoms with van der Waals surface area (Å²) < 4.78 is 20.4. The van der Waals surface area contributed by atoms with E-state index in [4.69, 9.17) is 8.56 Å². The molecule has 0 atom stereocenters. The van der Waals surface area contributed by atoms with Gasteiger partial charge in [-0.2, -0.15) is 0 Å². The van der Waals surface area contributed by atoms with Gasteiger partial charge in [0.1, 0.15) is 0 Å². The minimum atomic E-state index is -3.79. The van der Waals surface area contributed by atoms with Crippen molar-refractivity contribution in [3.8, 4) is 0 Å². The molecule has 1 rings (SSSR count). The van der Waals surface area contributed by atoms with Crippen molar-refractivity contribution in [3.63, 3.8) is 0 Å². The van der Waals surface area contributed by atoms with E-state index in [0.29, 0.717) is 0 Å². The third-order valence-corrected chi connectivity index (χ3v) is 16.3. The van der Waals surface area contributed by atoms with Crippen molar-refractivity contribution in [1.29, 1.82) is 0 Å². The molecule has 0 heterocycles. The van der Waals surface area contributed by atoms with Crippen LogP contribution in [0.4, 0.5) is 0 Å². The van der Waals surface area contributed by atoms with Crippen LogP contribution in [0.3, 0.4) is 0 Å². The summed E-state index contributed by atoms with van der Waals surface area (Å²) in [4.78, 5) is 0. The molecule has 0 bridgehead atoms. The van der Waals surface area contributed by atoms with E-state index in [9.17, 15) is 0 Å². The van der Waals surface area contributed by atoms with Gasteiger partial charge in [-0.15, -0.1) is 0 Å². The standard InChI is InChI=1S/C10H13.3C4H9O.Hf/c1-10(2,3)9-7-5-4-6-8-9;3*1-2-3-4-5;/h4-8H,1H2,2-3H3;3*2-4H2,1H3;/q;3*-1;+3. The topological polar surface area (TPSA) is 27.7 Å². The van der Waals surface area contributed by atoms with Crippen LogP contribution in [-0.4, -0.2) is 19.8 Å². The Labute approximate surface area is 168 Å². The van der Waals surface area contributed by atoms with Gasteiger partial charge in [0.05, 0.1) is 0 Å². The molecule has 0 amide bonds. The van der Waals surface area contributed by atoms with E-state index < -0.39 is 21.3 Å². The van der Waals surface area contributed by atoms with Crippen LogP contribution in [-0.2, 0) is 35.3 Å². The predicted molar refractivity (Wildman–Crippen MR) is 107 cm³/mol. The summed E-state index contributed by atoms with van der Waals surface area (Å²) in [6, 6.07) is 10.7. The van der Waals surface area contributed by atoms with Crippen molar-refractivity contribution >= 4 is 0 Å². The van der Waals surface area contributed by atoms with E-state index in [1.807, 2.05) is 0 Å². The molecule has 0 aliphatic rings. The van der Waals surface area contributed by atoms with E-state index in [1.165, 1.54) is 5.56 Å². The maximum absolute atomic E-state index is 6.50. The second-order valence-corrected chi connectivity index (χ2v) is 17.0. The van der Waals surface area contributed by atoms with Gasteiger partial charge in [-0.1, -0.05) is 0 Å². The molecule has 26 heavy (non-hydrogen) atoms. The molecule has 0 aliphatic carbocycles. The minimum absolute atomic E-state index is 0.00649. The Morgan fingerprint density at radius 3 is 1.54 bits per heavy atom. The van der Waals surface area contributed by atoms with Gasteiger partial charge in [0.2, 0.25) is 0 Å². The molecule has 0 spiro atoms. The van der Waals surface area contributed by atoms with Crippen molar-refractivity contribution in [2.45, 2.75) is 82.7 Å². The van der Waals surface area contributed by atoms with E-state index in [2.05, 4.69) is 65.0 Å². The summed E-state index contributed by atoms with van der Waals surface area (Å²) in [5.41, 5.74) is 1.33. The Kier molecular flexibility index (Phi) is 12.2.